The average molecular weight is 370 g/mol. The predicted octanol–water partition coefficient (Wildman–Crippen LogP) is 5.66. The van der Waals surface area contributed by atoms with E-state index in [2.05, 4.69) is 79.4 Å². The maximum absolute atomic E-state index is 13.7. The van der Waals surface area contributed by atoms with Gasteiger partial charge in [0.15, 0.2) is 0 Å². The number of carbonyl (C=O) groups excluding carboxylic acids is 1. The zero-order valence-electron chi connectivity index (χ0n) is 16.6. The van der Waals surface area contributed by atoms with Crippen molar-refractivity contribution in [2.45, 2.75) is 38.6 Å². The van der Waals surface area contributed by atoms with Crippen LogP contribution in [0.3, 0.4) is 0 Å². The molecule has 1 aliphatic heterocycles. The molecule has 0 radical (unpaired) electrons. The lowest BCUT2D eigenvalue weighted by Gasteiger charge is -2.39. The largest absolute Gasteiger partial charge is 0.331 e. The zero-order valence-corrected chi connectivity index (χ0v) is 16.6. The van der Waals surface area contributed by atoms with Crippen LogP contribution in [0.5, 0.6) is 0 Å². The van der Waals surface area contributed by atoms with Crippen LogP contribution in [0.25, 0.3) is 0 Å². The minimum atomic E-state index is -0.0978. The molecular weight excluding hydrogens is 342 g/mol. The lowest BCUT2D eigenvalue weighted by molar-refractivity contribution is -0.135. The molecule has 2 heteroatoms. The summed E-state index contributed by atoms with van der Waals surface area (Å²) in [7, 11) is 0. The quantitative estimate of drug-likeness (QED) is 0.581. The first-order chi connectivity index (χ1) is 13.7. The van der Waals surface area contributed by atoms with Gasteiger partial charge in [-0.1, -0.05) is 91.3 Å². The number of carbonyl (C=O) groups is 1. The van der Waals surface area contributed by atoms with Crippen molar-refractivity contribution in [3.63, 3.8) is 0 Å². The molecule has 2 unspecified atom stereocenters. The Morgan fingerprint density at radius 3 is 2.36 bits per heavy atom. The Morgan fingerprint density at radius 2 is 1.64 bits per heavy atom. The van der Waals surface area contributed by atoms with Gasteiger partial charge in [0.25, 0.3) is 0 Å². The van der Waals surface area contributed by atoms with Gasteiger partial charge in [0.05, 0.1) is 12.0 Å². The van der Waals surface area contributed by atoms with Crippen molar-refractivity contribution in [2.24, 2.45) is 0 Å². The van der Waals surface area contributed by atoms with E-state index in [9.17, 15) is 4.79 Å². The maximum atomic E-state index is 13.7. The molecule has 2 atom stereocenters. The third kappa shape index (κ3) is 3.47. The summed E-state index contributed by atoms with van der Waals surface area (Å²) in [6, 6.07) is 27.4. The van der Waals surface area contributed by atoms with Gasteiger partial charge in [-0.15, -0.1) is 0 Å². The summed E-state index contributed by atoms with van der Waals surface area (Å²) in [6.45, 7) is 4.97. The minimum Gasteiger partial charge on any atom is -0.331 e. The number of nitrogens with zero attached hydrogens (tertiary/aromatic N) is 1. The summed E-state index contributed by atoms with van der Waals surface area (Å²) in [6.07, 6.45) is 1.72. The van der Waals surface area contributed by atoms with E-state index in [0.29, 0.717) is 0 Å². The molecule has 0 fully saturated rings. The average Bonchev–Trinajstić information content (AvgIpc) is 2.75. The van der Waals surface area contributed by atoms with Gasteiger partial charge in [-0.05, 0) is 42.0 Å². The van der Waals surface area contributed by atoms with Gasteiger partial charge in [-0.25, -0.2) is 0 Å². The van der Waals surface area contributed by atoms with Crippen molar-refractivity contribution in [1.82, 2.24) is 4.90 Å². The maximum Gasteiger partial charge on any atom is 0.230 e. The van der Waals surface area contributed by atoms with Gasteiger partial charge < -0.3 is 4.90 Å². The SMILES string of the molecule is CCC(C(=O)N1CCc2ccccc2C1c1ccc(C)cc1)c1ccccc1. The van der Waals surface area contributed by atoms with Crippen LogP contribution >= 0.6 is 0 Å². The van der Waals surface area contributed by atoms with Gasteiger partial charge >= 0.3 is 0 Å². The summed E-state index contributed by atoms with van der Waals surface area (Å²) in [5, 5.41) is 0. The lowest BCUT2D eigenvalue weighted by atomic mass is 9.86. The van der Waals surface area contributed by atoms with Crippen LogP contribution in [-0.2, 0) is 11.2 Å². The summed E-state index contributed by atoms with van der Waals surface area (Å²) in [5.41, 5.74) is 6.14. The Kier molecular flexibility index (Phi) is 5.29. The van der Waals surface area contributed by atoms with E-state index < -0.39 is 0 Å². The summed E-state index contributed by atoms with van der Waals surface area (Å²) >= 11 is 0. The molecule has 1 amide bonds. The van der Waals surface area contributed by atoms with Crippen LogP contribution in [0.4, 0.5) is 0 Å². The number of hydrogen-bond acceptors (Lipinski definition) is 1. The van der Waals surface area contributed by atoms with Crippen LogP contribution in [0, 0.1) is 6.92 Å². The number of aryl methyl sites for hydroxylation is 1. The Labute approximate surface area is 167 Å². The summed E-state index contributed by atoms with van der Waals surface area (Å²) < 4.78 is 0. The van der Waals surface area contributed by atoms with Gasteiger partial charge in [-0.3, -0.25) is 4.79 Å². The molecule has 0 aromatic heterocycles. The zero-order chi connectivity index (χ0) is 19.5. The number of rotatable bonds is 4. The highest BCUT2D eigenvalue weighted by Gasteiger charge is 2.35. The highest BCUT2D eigenvalue weighted by Crippen LogP contribution is 2.37. The van der Waals surface area contributed by atoms with Crippen LogP contribution in [-0.4, -0.2) is 17.4 Å². The number of amides is 1. The molecule has 4 rings (SSSR count). The molecule has 0 bridgehead atoms. The van der Waals surface area contributed by atoms with Gasteiger partial charge in [0.1, 0.15) is 0 Å². The van der Waals surface area contributed by atoms with Crippen LogP contribution in [0.15, 0.2) is 78.9 Å². The van der Waals surface area contributed by atoms with Crippen molar-refractivity contribution in [1.29, 1.82) is 0 Å². The second-order valence-corrected chi connectivity index (χ2v) is 7.67. The minimum absolute atomic E-state index is 0.0178. The van der Waals surface area contributed by atoms with Gasteiger partial charge in [-0.2, -0.15) is 0 Å². The normalized spacial score (nSPS) is 17.1. The van der Waals surface area contributed by atoms with E-state index in [1.165, 1.54) is 22.3 Å². The molecule has 0 aliphatic carbocycles. The topological polar surface area (TPSA) is 20.3 Å². The Balaban J connectivity index is 1.76. The van der Waals surface area contributed by atoms with E-state index in [4.69, 9.17) is 0 Å². The molecule has 3 aromatic carbocycles. The standard InChI is InChI=1S/C26H27NO/c1-3-23(20-9-5-4-6-10-20)26(28)27-18-17-21-11-7-8-12-24(21)25(27)22-15-13-19(2)14-16-22/h4-16,23,25H,3,17-18H2,1-2H3. The summed E-state index contributed by atoms with van der Waals surface area (Å²) in [5.74, 6) is 0.133. The third-order valence-electron chi connectivity index (χ3n) is 5.87. The lowest BCUT2D eigenvalue weighted by Crippen LogP contribution is -2.43. The van der Waals surface area contributed by atoms with Crippen molar-refractivity contribution in [2.75, 3.05) is 6.54 Å². The molecule has 1 heterocycles. The van der Waals surface area contributed by atoms with E-state index >= 15 is 0 Å². The smallest absolute Gasteiger partial charge is 0.230 e. The Bertz CT molecular complexity index is 946. The molecule has 0 N–H and O–H groups in total. The second kappa shape index (κ2) is 8.02. The van der Waals surface area contributed by atoms with Crippen LogP contribution < -0.4 is 0 Å². The molecule has 0 saturated heterocycles. The Morgan fingerprint density at radius 1 is 0.964 bits per heavy atom. The number of fused-ring (bicyclic) bond motifs is 1. The van der Waals surface area contributed by atoms with E-state index in [0.717, 1.165) is 24.9 Å². The molecule has 1 aliphatic rings. The molecule has 3 aromatic rings. The van der Waals surface area contributed by atoms with Crippen molar-refractivity contribution >= 4 is 5.91 Å². The van der Waals surface area contributed by atoms with Crippen molar-refractivity contribution in [3.05, 3.63) is 107 Å². The molecule has 0 saturated carbocycles. The van der Waals surface area contributed by atoms with Crippen molar-refractivity contribution in [3.8, 4) is 0 Å². The van der Waals surface area contributed by atoms with Crippen molar-refractivity contribution < 1.29 is 4.79 Å². The predicted molar refractivity (Wildman–Crippen MR) is 114 cm³/mol. The van der Waals surface area contributed by atoms with E-state index in [-0.39, 0.29) is 17.9 Å². The van der Waals surface area contributed by atoms with E-state index in [1.54, 1.807) is 0 Å². The monoisotopic (exact) mass is 369 g/mol. The molecule has 28 heavy (non-hydrogen) atoms. The van der Waals surface area contributed by atoms with Crippen LogP contribution in [0.1, 0.15) is 53.1 Å². The first kappa shape index (κ1) is 18.5. The highest BCUT2D eigenvalue weighted by molar-refractivity contribution is 5.85. The third-order valence-corrected chi connectivity index (χ3v) is 5.87. The highest BCUT2D eigenvalue weighted by atomic mass is 16.2. The fraction of sp³-hybridized carbons (Fsp3) is 0.269. The van der Waals surface area contributed by atoms with Gasteiger partial charge in [0.2, 0.25) is 5.91 Å². The molecular formula is C26H27NO. The second-order valence-electron chi connectivity index (χ2n) is 7.67. The molecule has 2 nitrogen and oxygen atoms in total. The fourth-order valence-corrected chi connectivity index (χ4v) is 4.35. The fourth-order valence-electron chi connectivity index (χ4n) is 4.35. The number of hydrogen-bond donors (Lipinski definition) is 0. The van der Waals surface area contributed by atoms with Gasteiger partial charge in [0, 0.05) is 6.54 Å². The van der Waals surface area contributed by atoms with Crippen LogP contribution in [0.2, 0.25) is 0 Å². The first-order valence-electron chi connectivity index (χ1n) is 10.2. The number of benzene rings is 3. The molecule has 0 spiro atoms. The molecule has 142 valence electrons. The Hall–Kier alpha value is -2.87. The summed E-state index contributed by atoms with van der Waals surface area (Å²) in [4.78, 5) is 15.8. The first-order valence-corrected chi connectivity index (χ1v) is 10.2. The van der Waals surface area contributed by atoms with E-state index in [1.807, 2.05) is 18.2 Å².